The van der Waals surface area contributed by atoms with Gasteiger partial charge < -0.3 is 15.8 Å². The lowest BCUT2D eigenvalue weighted by atomic mass is 10.2. The highest BCUT2D eigenvalue weighted by atomic mass is 16.5. The van der Waals surface area contributed by atoms with Crippen molar-refractivity contribution >= 4 is 11.5 Å². The number of nitrogen functional groups attached to an aromatic ring is 1. The average Bonchev–Trinajstić information content (AvgIpc) is 2.25. The molecule has 16 heavy (non-hydrogen) atoms. The van der Waals surface area contributed by atoms with E-state index in [2.05, 4.69) is 24.1 Å². The Labute approximate surface area is 97.2 Å². The summed E-state index contributed by atoms with van der Waals surface area (Å²) >= 11 is 0. The molecule has 90 valence electrons. The highest BCUT2D eigenvalue weighted by molar-refractivity contribution is 5.45. The molecule has 0 aliphatic rings. The number of nitrogens with zero attached hydrogens (tertiary/aromatic N) is 1. The van der Waals surface area contributed by atoms with E-state index in [1.807, 2.05) is 6.07 Å². The predicted octanol–water partition coefficient (Wildman–Crippen LogP) is 2.14. The molecular formula is C12H21N3O. The number of hydrogen-bond acceptors (Lipinski definition) is 4. The summed E-state index contributed by atoms with van der Waals surface area (Å²) < 4.78 is 5.48. The van der Waals surface area contributed by atoms with Crippen molar-refractivity contribution in [2.45, 2.75) is 20.3 Å². The largest absolute Gasteiger partial charge is 0.384 e. The molecule has 0 unspecified atom stereocenters. The monoisotopic (exact) mass is 223 g/mol. The Bertz CT molecular complexity index is 285. The number of nitrogens with two attached hydrogens (primary N) is 1. The van der Waals surface area contributed by atoms with Crippen molar-refractivity contribution in [3.8, 4) is 0 Å². The second-order valence-corrected chi connectivity index (χ2v) is 4.22. The molecule has 0 amide bonds. The van der Waals surface area contributed by atoms with E-state index in [1.165, 1.54) is 0 Å². The lowest BCUT2D eigenvalue weighted by Gasteiger charge is -2.08. The van der Waals surface area contributed by atoms with Gasteiger partial charge in [-0.15, -0.1) is 0 Å². The van der Waals surface area contributed by atoms with Crippen LogP contribution < -0.4 is 11.1 Å². The van der Waals surface area contributed by atoms with Crippen LogP contribution in [0.4, 0.5) is 11.5 Å². The van der Waals surface area contributed by atoms with E-state index in [0.29, 0.717) is 11.7 Å². The number of ether oxygens (including phenoxy) is 1. The van der Waals surface area contributed by atoms with Crippen LogP contribution in [0, 0.1) is 5.92 Å². The molecule has 3 N–H and O–H groups in total. The average molecular weight is 223 g/mol. The third kappa shape index (κ3) is 5.56. The third-order valence-corrected chi connectivity index (χ3v) is 2.03. The molecule has 0 spiro atoms. The fourth-order valence-electron chi connectivity index (χ4n) is 1.24. The van der Waals surface area contributed by atoms with Crippen molar-refractivity contribution in [3.63, 3.8) is 0 Å². The first-order valence-corrected chi connectivity index (χ1v) is 5.71. The van der Waals surface area contributed by atoms with Crippen LogP contribution in [-0.4, -0.2) is 24.7 Å². The molecule has 4 nitrogen and oxygen atoms in total. The van der Waals surface area contributed by atoms with Crippen LogP contribution in [0.15, 0.2) is 18.3 Å². The molecule has 1 aromatic rings. The van der Waals surface area contributed by atoms with Crippen LogP contribution in [0.2, 0.25) is 0 Å². The minimum Gasteiger partial charge on any atom is -0.384 e. The Morgan fingerprint density at radius 2 is 2.25 bits per heavy atom. The second-order valence-electron chi connectivity index (χ2n) is 4.22. The maximum atomic E-state index is 5.49. The standard InChI is InChI=1S/C12H21N3O/c1-10(2)9-16-7-3-6-14-11-4-5-12(13)15-8-11/h4-5,8,10,14H,3,6-7,9H2,1-2H3,(H2,13,15). The number of hydrogen-bond donors (Lipinski definition) is 2. The highest BCUT2D eigenvalue weighted by Gasteiger charge is 1.95. The quantitative estimate of drug-likeness (QED) is 0.695. The summed E-state index contributed by atoms with van der Waals surface area (Å²) in [5, 5.41) is 3.26. The molecule has 0 saturated heterocycles. The first-order chi connectivity index (χ1) is 7.68. The normalized spacial score (nSPS) is 10.7. The van der Waals surface area contributed by atoms with Crippen molar-refractivity contribution in [3.05, 3.63) is 18.3 Å². The predicted molar refractivity (Wildman–Crippen MR) is 67.4 cm³/mol. The van der Waals surface area contributed by atoms with E-state index in [1.54, 1.807) is 12.3 Å². The zero-order valence-corrected chi connectivity index (χ0v) is 10.1. The minimum atomic E-state index is 0.547. The van der Waals surface area contributed by atoms with Crippen LogP contribution in [0.25, 0.3) is 0 Å². The van der Waals surface area contributed by atoms with Gasteiger partial charge in [0.05, 0.1) is 11.9 Å². The van der Waals surface area contributed by atoms with E-state index in [9.17, 15) is 0 Å². The van der Waals surface area contributed by atoms with Gasteiger partial charge in [-0.1, -0.05) is 13.8 Å². The summed E-state index contributed by atoms with van der Waals surface area (Å²) in [7, 11) is 0. The van der Waals surface area contributed by atoms with E-state index >= 15 is 0 Å². The zero-order chi connectivity index (χ0) is 11.8. The van der Waals surface area contributed by atoms with Gasteiger partial charge in [0.1, 0.15) is 5.82 Å². The maximum absolute atomic E-state index is 5.49. The molecule has 1 heterocycles. The van der Waals surface area contributed by atoms with Gasteiger partial charge in [0.25, 0.3) is 0 Å². The van der Waals surface area contributed by atoms with Gasteiger partial charge >= 0.3 is 0 Å². The fourth-order valence-corrected chi connectivity index (χ4v) is 1.24. The SMILES string of the molecule is CC(C)COCCCNc1ccc(N)nc1. The Morgan fingerprint density at radius 1 is 1.44 bits per heavy atom. The molecule has 0 atom stereocenters. The zero-order valence-electron chi connectivity index (χ0n) is 10.1. The Morgan fingerprint density at radius 3 is 2.88 bits per heavy atom. The van der Waals surface area contributed by atoms with Crippen molar-refractivity contribution in [2.24, 2.45) is 5.92 Å². The molecule has 0 aliphatic carbocycles. The lowest BCUT2D eigenvalue weighted by molar-refractivity contribution is 0.110. The molecule has 4 heteroatoms. The number of aromatic nitrogens is 1. The summed E-state index contributed by atoms with van der Waals surface area (Å²) in [5.41, 5.74) is 6.49. The van der Waals surface area contributed by atoms with Crippen molar-refractivity contribution in [2.75, 3.05) is 30.8 Å². The molecule has 0 fully saturated rings. The minimum absolute atomic E-state index is 0.547. The Hall–Kier alpha value is -1.29. The van der Waals surface area contributed by atoms with Crippen molar-refractivity contribution in [1.29, 1.82) is 0 Å². The third-order valence-electron chi connectivity index (χ3n) is 2.03. The van der Waals surface area contributed by atoms with E-state index in [0.717, 1.165) is 31.9 Å². The van der Waals surface area contributed by atoms with Crippen LogP contribution in [0.5, 0.6) is 0 Å². The van der Waals surface area contributed by atoms with Crippen LogP contribution >= 0.6 is 0 Å². The number of rotatable bonds is 7. The van der Waals surface area contributed by atoms with Gasteiger partial charge in [-0.25, -0.2) is 4.98 Å². The molecule has 1 aromatic heterocycles. The lowest BCUT2D eigenvalue weighted by Crippen LogP contribution is -2.08. The van der Waals surface area contributed by atoms with Gasteiger partial charge in [0.2, 0.25) is 0 Å². The first kappa shape index (κ1) is 12.8. The van der Waals surface area contributed by atoms with Gasteiger partial charge in [-0.3, -0.25) is 0 Å². The van der Waals surface area contributed by atoms with Gasteiger partial charge in [0.15, 0.2) is 0 Å². The van der Waals surface area contributed by atoms with Crippen molar-refractivity contribution in [1.82, 2.24) is 4.98 Å². The Balaban J connectivity index is 2.05. The molecular weight excluding hydrogens is 202 g/mol. The molecule has 0 radical (unpaired) electrons. The molecule has 0 aromatic carbocycles. The van der Waals surface area contributed by atoms with Crippen LogP contribution in [0.1, 0.15) is 20.3 Å². The molecule has 0 aliphatic heterocycles. The van der Waals surface area contributed by atoms with Gasteiger partial charge in [0, 0.05) is 19.8 Å². The fraction of sp³-hybridized carbons (Fsp3) is 0.583. The number of anilines is 2. The summed E-state index contributed by atoms with van der Waals surface area (Å²) in [6, 6.07) is 3.72. The second kappa shape index (κ2) is 7.06. The van der Waals surface area contributed by atoms with E-state index < -0.39 is 0 Å². The molecule has 0 bridgehead atoms. The summed E-state index contributed by atoms with van der Waals surface area (Å²) in [6.07, 6.45) is 2.74. The number of nitrogens with one attached hydrogen (secondary N) is 1. The maximum Gasteiger partial charge on any atom is 0.123 e. The summed E-state index contributed by atoms with van der Waals surface area (Å²) in [6.45, 7) is 6.83. The molecule has 0 saturated carbocycles. The van der Waals surface area contributed by atoms with Crippen LogP contribution in [-0.2, 0) is 4.74 Å². The smallest absolute Gasteiger partial charge is 0.123 e. The van der Waals surface area contributed by atoms with Crippen molar-refractivity contribution < 1.29 is 4.74 Å². The topological polar surface area (TPSA) is 60.2 Å². The van der Waals surface area contributed by atoms with Gasteiger partial charge in [-0.2, -0.15) is 0 Å². The summed E-state index contributed by atoms with van der Waals surface area (Å²) in [4.78, 5) is 4.00. The molecule has 1 rings (SSSR count). The van der Waals surface area contributed by atoms with Crippen LogP contribution in [0.3, 0.4) is 0 Å². The summed E-state index contributed by atoms with van der Waals surface area (Å²) in [5.74, 6) is 1.15. The van der Waals surface area contributed by atoms with Gasteiger partial charge in [-0.05, 0) is 24.5 Å². The highest BCUT2D eigenvalue weighted by Crippen LogP contribution is 2.06. The van der Waals surface area contributed by atoms with E-state index in [-0.39, 0.29) is 0 Å². The first-order valence-electron chi connectivity index (χ1n) is 5.71. The number of pyridine rings is 1. The Kier molecular flexibility index (Phi) is 5.64. The van der Waals surface area contributed by atoms with E-state index in [4.69, 9.17) is 10.5 Å².